The zero-order valence-electron chi connectivity index (χ0n) is 10.8. The van der Waals surface area contributed by atoms with Gasteiger partial charge in [0.2, 0.25) is 0 Å². The molecule has 0 N–H and O–H groups in total. The van der Waals surface area contributed by atoms with Crippen LogP contribution in [0.1, 0.15) is 52.9 Å². The molecule has 0 aromatic carbocycles. The summed E-state index contributed by atoms with van der Waals surface area (Å²) in [6.07, 6.45) is 8.11. The van der Waals surface area contributed by atoms with Crippen LogP contribution in [0.2, 0.25) is 0 Å². The summed E-state index contributed by atoms with van der Waals surface area (Å²) in [5, 5.41) is 0. The van der Waals surface area contributed by atoms with Gasteiger partial charge in [-0.3, -0.25) is 0 Å². The average Bonchev–Trinajstić information content (AvgIpc) is 2.74. The molecule has 3 aliphatic rings. The highest BCUT2D eigenvalue weighted by Gasteiger charge is 2.63. The van der Waals surface area contributed by atoms with Crippen molar-refractivity contribution in [3.05, 3.63) is 0 Å². The summed E-state index contributed by atoms with van der Waals surface area (Å²) < 4.78 is 0. The molecule has 2 unspecified atom stereocenters. The van der Waals surface area contributed by atoms with Crippen molar-refractivity contribution in [1.82, 2.24) is 0 Å². The van der Waals surface area contributed by atoms with Gasteiger partial charge in [-0.2, -0.15) is 0 Å². The number of aldehydes is 1. The number of hydrogen-bond donors (Lipinski definition) is 0. The Morgan fingerprint density at radius 2 is 1.94 bits per heavy atom. The van der Waals surface area contributed by atoms with E-state index >= 15 is 0 Å². The number of carbonyl (C=O) groups excluding carboxylic acids is 1. The van der Waals surface area contributed by atoms with Crippen molar-refractivity contribution in [3.63, 3.8) is 0 Å². The highest BCUT2D eigenvalue weighted by Crippen LogP contribution is 2.70. The summed E-state index contributed by atoms with van der Waals surface area (Å²) in [5.41, 5.74) is 0.875. The fraction of sp³-hybridized carbons (Fsp3) is 0.933. The lowest BCUT2D eigenvalue weighted by Gasteiger charge is -2.52. The van der Waals surface area contributed by atoms with Crippen LogP contribution in [-0.4, -0.2) is 6.29 Å². The molecule has 0 aromatic heterocycles. The number of fused-ring (bicyclic) bond motifs is 1. The van der Waals surface area contributed by atoms with E-state index in [0.29, 0.717) is 17.3 Å². The molecule has 3 rings (SSSR count). The Morgan fingerprint density at radius 3 is 2.62 bits per heavy atom. The lowest BCUT2D eigenvalue weighted by atomic mass is 9.52. The minimum absolute atomic E-state index is 0.256. The van der Waals surface area contributed by atoms with Gasteiger partial charge in [0.1, 0.15) is 6.29 Å². The van der Waals surface area contributed by atoms with E-state index in [4.69, 9.17) is 0 Å². The Morgan fingerprint density at radius 1 is 1.19 bits per heavy atom. The van der Waals surface area contributed by atoms with Gasteiger partial charge in [-0.25, -0.2) is 0 Å². The lowest BCUT2D eigenvalue weighted by Crippen LogP contribution is -2.47. The number of carbonyl (C=O) groups is 1. The van der Waals surface area contributed by atoms with Crippen molar-refractivity contribution in [3.8, 4) is 0 Å². The quantitative estimate of drug-likeness (QED) is 0.616. The number of rotatable bonds is 1. The predicted molar refractivity (Wildman–Crippen MR) is 65.0 cm³/mol. The molecule has 0 aliphatic heterocycles. The van der Waals surface area contributed by atoms with Crippen LogP contribution >= 0.6 is 0 Å². The summed E-state index contributed by atoms with van der Waals surface area (Å²) in [4.78, 5) is 11.4. The second kappa shape index (κ2) is 3.11. The largest absolute Gasteiger partial charge is 0.303 e. The van der Waals surface area contributed by atoms with Crippen molar-refractivity contribution in [2.45, 2.75) is 52.9 Å². The van der Waals surface area contributed by atoms with Crippen molar-refractivity contribution in [2.24, 2.45) is 34.5 Å². The second-order valence-corrected chi connectivity index (χ2v) is 7.25. The van der Waals surface area contributed by atoms with E-state index in [0.717, 1.165) is 11.8 Å². The van der Waals surface area contributed by atoms with Crippen LogP contribution in [0, 0.1) is 34.5 Å². The maximum absolute atomic E-state index is 11.4. The lowest BCUT2D eigenvalue weighted by molar-refractivity contribution is -0.124. The highest BCUT2D eigenvalue weighted by molar-refractivity contribution is 5.56. The van der Waals surface area contributed by atoms with Crippen LogP contribution in [0.25, 0.3) is 0 Å². The molecule has 3 aliphatic carbocycles. The molecule has 0 radical (unpaired) electrons. The third kappa shape index (κ3) is 1.05. The minimum Gasteiger partial charge on any atom is -0.303 e. The molecule has 3 saturated carbocycles. The van der Waals surface area contributed by atoms with Gasteiger partial charge in [-0.1, -0.05) is 20.8 Å². The predicted octanol–water partition coefficient (Wildman–Crippen LogP) is 3.67. The topological polar surface area (TPSA) is 17.1 Å². The summed E-state index contributed by atoms with van der Waals surface area (Å²) in [6, 6.07) is 0. The molecule has 0 aromatic rings. The van der Waals surface area contributed by atoms with E-state index in [-0.39, 0.29) is 5.41 Å². The number of hydrogen-bond acceptors (Lipinski definition) is 1. The maximum Gasteiger partial charge on any atom is 0.123 e. The highest BCUT2D eigenvalue weighted by atomic mass is 16.1. The Balaban J connectivity index is 2.06. The van der Waals surface area contributed by atoms with Crippen LogP contribution < -0.4 is 0 Å². The van der Waals surface area contributed by atoms with Crippen LogP contribution in [0.5, 0.6) is 0 Å². The standard InChI is InChI=1S/C15H24O/c1-10-4-5-13-14(2,3)12(9-16)11-6-7-15(10,13)8-11/h9-13H,4-8H2,1-3H3/t10-,11+,12?,13?,15-/m0/s1. The molecule has 2 bridgehead atoms. The van der Waals surface area contributed by atoms with Gasteiger partial charge in [0.15, 0.2) is 0 Å². The van der Waals surface area contributed by atoms with Crippen molar-refractivity contribution < 1.29 is 4.79 Å². The van der Waals surface area contributed by atoms with Gasteiger partial charge >= 0.3 is 0 Å². The molecular formula is C15H24O. The van der Waals surface area contributed by atoms with E-state index < -0.39 is 0 Å². The van der Waals surface area contributed by atoms with Gasteiger partial charge in [0.25, 0.3) is 0 Å². The Bertz CT molecular complexity index is 319. The van der Waals surface area contributed by atoms with Gasteiger partial charge in [0.05, 0.1) is 0 Å². The Kier molecular flexibility index (Phi) is 2.10. The first-order chi connectivity index (χ1) is 7.52. The first kappa shape index (κ1) is 10.8. The van der Waals surface area contributed by atoms with Gasteiger partial charge in [-0.15, -0.1) is 0 Å². The third-order valence-corrected chi connectivity index (χ3v) is 6.60. The smallest absolute Gasteiger partial charge is 0.123 e. The second-order valence-electron chi connectivity index (χ2n) is 7.25. The molecule has 90 valence electrons. The zero-order valence-corrected chi connectivity index (χ0v) is 10.8. The van der Waals surface area contributed by atoms with E-state index in [1.807, 2.05) is 0 Å². The fourth-order valence-electron chi connectivity index (χ4n) is 5.79. The third-order valence-electron chi connectivity index (χ3n) is 6.60. The van der Waals surface area contributed by atoms with E-state index in [2.05, 4.69) is 20.8 Å². The van der Waals surface area contributed by atoms with Crippen LogP contribution in [0.4, 0.5) is 0 Å². The zero-order chi connectivity index (χ0) is 11.6. The molecule has 1 nitrogen and oxygen atoms in total. The summed E-state index contributed by atoms with van der Waals surface area (Å²) in [6.45, 7) is 7.18. The molecule has 3 fully saturated rings. The van der Waals surface area contributed by atoms with Gasteiger partial charge in [-0.05, 0) is 60.7 Å². The van der Waals surface area contributed by atoms with Gasteiger partial charge < -0.3 is 4.79 Å². The minimum atomic E-state index is 0.256. The normalized spacial score (nSPS) is 53.7. The molecule has 0 saturated heterocycles. The first-order valence-electron chi connectivity index (χ1n) is 6.97. The van der Waals surface area contributed by atoms with Crippen molar-refractivity contribution in [2.75, 3.05) is 0 Å². The first-order valence-corrected chi connectivity index (χ1v) is 6.97. The van der Waals surface area contributed by atoms with Crippen LogP contribution in [-0.2, 0) is 4.79 Å². The van der Waals surface area contributed by atoms with Crippen LogP contribution in [0.15, 0.2) is 0 Å². The Labute approximate surface area is 99.0 Å². The van der Waals surface area contributed by atoms with Crippen molar-refractivity contribution >= 4 is 6.29 Å². The van der Waals surface area contributed by atoms with Crippen molar-refractivity contribution in [1.29, 1.82) is 0 Å². The molecular weight excluding hydrogens is 196 g/mol. The maximum atomic E-state index is 11.4. The fourth-order valence-corrected chi connectivity index (χ4v) is 5.79. The molecule has 0 amide bonds. The summed E-state index contributed by atoms with van der Waals surface area (Å²) in [5.74, 6) is 2.74. The Hall–Kier alpha value is -0.330. The molecule has 0 heterocycles. The average molecular weight is 220 g/mol. The van der Waals surface area contributed by atoms with Crippen LogP contribution in [0.3, 0.4) is 0 Å². The molecule has 1 spiro atoms. The summed E-state index contributed by atoms with van der Waals surface area (Å²) in [7, 11) is 0. The molecule has 1 heteroatoms. The van der Waals surface area contributed by atoms with E-state index in [9.17, 15) is 4.79 Å². The summed E-state index contributed by atoms with van der Waals surface area (Å²) >= 11 is 0. The van der Waals surface area contributed by atoms with E-state index in [1.165, 1.54) is 38.4 Å². The van der Waals surface area contributed by atoms with Gasteiger partial charge in [0, 0.05) is 5.92 Å². The molecule has 16 heavy (non-hydrogen) atoms. The SMILES string of the molecule is C[C@H]1CCC2C(C)(C)C(C=O)[C@@H]3CC[C@@]21C3. The monoisotopic (exact) mass is 220 g/mol. The molecule has 5 atom stereocenters. The van der Waals surface area contributed by atoms with E-state index in [1.54, 1.807) is 0 Å².